The molecule has 0 radical (unpaired) electrons. The summed E-state index contributed by atoms with van der Waals surface area (Å²) in [6.45, 7) is 0.209. The van der Waals surface area contributed by atoms with Gasteiger partial charge in [-0.25, -0.2) is 9.07 Å². The standard InChI is InChI=1S/C16H16FN3O2/c1-19-15(21)9-8-14(18-19)16(22)20(12-6-7-12)10-11-4-2-3-5-13(11)17/h2-5,8-9,12H,6-7,10H2,1H3. The summed E-state index contributed by atoms with van der Waals surface area (Å²) in [5.74, 6) is -0.601. The van der Waals surface area contributed by atoms with Gasteiger partial charge in [0.1, 0.15) is 11.5 Å². The van der Waals surface area contributed by atoms with Crippen molar-refractivity contribution in [1.29, 1.82) is 0 Å². The summed E-state index contributed by atoms with van der Waals surface area (Å²) in [7, 11) is 1.50. The third-order valence-electron chi connectivity index (χ3n) is 3.73. The van der Waals surface area contributed by atoms with Gasteiger partial charge in [0.05, 0.1) is 0 Å². The number of aromatic nitrogens is 2. The number of amides is 1. The van der Waals surface area contributed by atoms with Gasteiger partial charge in [0, 0.05) is 31.3 Å². The van der Waals surface area contributed by atoms with Crippen molar-refractivity contribution in [2.45, 2.75) is 25.4 Å². The number of carbonyl (C=O) groups excluding carboxylic acids is 1. The van der Waals surface area contributed by atoms with Gasteiger partial charge in [0.2, 0.25) is 0 Å². The Morgan fingerprint density at radius 3 is 2.68 bits per heavy atom. The van der Waals surface area contributed by atoms with Crippen molar-refractivity contribution in [3.8, 4) is 0 Å². The predicted molar refractivity (Wildman–Crippen MR) is 78.8 cm³/mol. The zero-order valence-corrected chi connectivity index (χ0v) is 12.2. The van der Waals surface area contributed by atoms with E-state index in [9.17, 15) is 14.0 Å². The van der Waals surface area contributed by atoms with Crippen LogP contribution < -0.4 is 5.56 Å². The topological polar surface area (TPSA) is 55.2 Å². The molecule has 114 valence electrons. The summed E-state index contributed by atoms with van der Waals surface area (Å²) in [6, 6.07) is 9.28. The van der Waals surface area contributed by atoms with Gasteiger partial charge in [0.15, 0.2) is 0 Å². The molecule has 5 nitrogen and oxygen atoms in total. The van der Waals surface area contributed by atoms with E-state index in [1.165, 1.54) is 25.2 Å². The molecule has 0 spiro atoms. The first-order valence-corrected chi connectivity index (χ1v) is 7.15. The van der Waals surface area contributed by atoms with Crippen LogP contribution in [0, 0.1) is 5.82 Å². The summed E-state index contributed by atoms with van der Waals surface area (Å²) in [5, 5.41) is 3.99. The fourth-order valence-electron chi connectivity index (χ4n) is 2.33. The lowest BCUT2D eigenvalue weighted by atomic mass is 10.2. The first kappa shape index (κ1) is 14.4. The molecule has 1 aliphatic carbocycles. The molecule has 0 N–H and O–H groups in total. The van der Waals surface area contributed by atoms with Gasteiger partial charge in [-0.3, -0.25) is 9.59 Å². The molecule has 1 aromatic heterocycles. The van der Waals surface area contributed by atoms with E-state index in [0.29, 0.717) is 5.56 Å². The monoisotopic (exact) mass is 301 g/mol. The van der Waals surface area contributed by atoms with E-state index in [1.54, 1.807) is 23.1 Å². The van der Waals surface area contributed by atoms with Crippen molar-refractivity contribution in [2.75, 3.05) is 0 Å². The van der Waals surface area contributed by atoms with E-state index in [2.05, 4.69) is 5.10 Å². The number of aryl methyl sites for hydroxylation is 1. The van der Waals surface area contributed by atoms with Crippen molar-refractivity contribution < 1.29 is 9.18 Å². The average molecular weight is 301 g/mol. The van der Waals surface area contributed by atoms with Gasteiger partial charge in [-0.2, -0.15) is 5.10 Å². The second-order valence-corrected chi connectivity index (χ2v) is 5.44. The second kappa shape index (κ2) is 5.71. The molecule has 1 amide bonds. The molecule has 22 heavy (non-hydrogen) atoms. The molecule has 0 saturated heterocycles. The maximum atomic E-state index is 13.8. The zero-order valence-electron chi connectivity index (χ0n) is 12.2. The van der Waals surface area contributed by atoms with E-state index < -0.39 is 0 Å². The Bertz CT molecular complexity index is 768. The van der Waals surface area contributed by atoms with E-state index in [1.807, 2.05) is 0 Å². The minimum Gasteiger partial charge on any atom is -0.330 e. The molecule has 1 aliphatic rings. The molecule has 0 unspecified atom stereocenters. The molecule has 6 heteroatoms. The number of rotatable bonds is 4. The van der Waals surface area contributed by atoms with Crippen molar-refractivity contribution in [2.24, 2.45) is 7.05 Å². The quantitative estimate of drug-likeness (QED) is 0.864. The van der Waals surface area contributed by atoms with Crippen LogP contribution in [0.5, 0.6) is 0 Å². The van der Waals surface area contributed by atoms with E-state index in [4.69, 9.17) is 0 Å². The Hall–Kier alpha value is -2.50. The van der Waals surface area contributed by atoms with E-state index >= 15 is 0 Å². The summed E-state index contributed by atoms with van der Waals surface area (Å²) in [6.07, 6.45) is 1.82. The van der Waals surface area contributed by atoms with E-state index in [-0.39, 0.29) is 35.6 Å². The fraction of sp³-hybridized carbons (Fsp3) is 0.312. The average Bonchev–Trinajstić information content (AvgIpc) is 3.33. The molecule has 1 saturated carbocycles. The largest absolute Gasteiger partial charge is 0.330 e. The highest BCUT2D eigenvalue weighted by molar-refractivity contribution is 5.92. The molecule has 1 aromatic carbocycles. The Kier molecular flexibility index (Phi) is 3.75. The molecular formula is C16H16FN3O2. The van der Waals surface area contributed by atoms with E-state index in [0.717, 1.165) is 17.5 Å². The third kappa shape index (κ3) is 2.90. The number of halogens is 1. The van der Waals surface area contributed by atoms with Crippen LogP contribution in [0.3, 0.4) is 0 Å². The lowest BCUT2D eigenvalue weighted by molar-refractivity contribution is 0.0719. The Labute approximate surface area is 127 Å². The van der Waals surface area contributed by atoms with Crippen LogP contribution in [-0.4, -0.2) is 26.6 Å². The Morgan fingerprint density at radius 1 is 1.32 bits per heavy atom. The van der Waals surface area contributed by atoms with Gasteiger partial charge in [-0.05, 0) is 25.0 Å². The van der Waals surface area contributed by atoms with Crippen LogP contribution in [0.4, 0.5) is 4.39 Å². The molecule has 0 atom stereocenters. The van der Waals surface area contributed by atoms with Crippen molar-refractivity contribution in [3.63, 3.8) is 0 Å². The molecule has 1 heterocycles. The fourth-order valence-corrected chi connectivity index (χ4v) is 2.33. The van der Waals surface area contributed by atoms with Gasteiger partial charge in [0.25, 0.3) is 11.5 Å². The van der Waals surface area contributed by atoms with Crippen molar-refractivity contribution in [3.05, 3.63) is 63.8 Å². The maximum Gasteiger partial charge on any atom is 0.274 e. The van der Waals surface area contributed by atoms with Gasteiger partial charge in [-0.1, -0.05) is 18.2 Å². The Morgan fingerprint density at radius 2 is 2.05 bits per heavy atom. The maximum absolute atomic E-state index is 13.8. The van der Waals surface area contributed by atoms with Crippen molar-refractivity contribution >= 4 is 5.91 Å². The molecule has 0 bridgehead atoms. The SMILES string of the molecule is Cn1nc(C(=O)N(Cc2ccccc2F)C2CC2)ccc1=O. The minimum atomic E-state index is -0.325. The number of hydrogen-bond donors (Lipinski definition) is 0. The number of nitrogens with zero attached hydrogens (tertiary/aromatic N) is 3. The molecule has 1 fully saturated rings. The number of hydrogen-bond acceptors (Lipinski definition) is 3. The van der Waals surface area contributed by atoms with Crippen molar-refractivity contribution in [1.82, 2.24) is 14.7 Å². The smallest absolute Gasteiger partial charge is 0.274 e. The lowest BCUT2D eigenvalue weighted by Crippen LogP contribution is -2.35. The molecular weight excluding hydrogens is 285 g/mol. The molecule has 3 rings (SSSR count). The van der Waals surface area contributed by atoms with Crippen LogP contribution in [0.25, 0.3) is 0 Å². The number of carbonyl (C=O) groups is 1. The summed E-state index contributed by atoms with van der Waals surface area (Å²) in [4.78, 5) is 25.6. The summed E-state index contributed by atoms with van der Waals surface area (Å²) in [5.41, 5.74) is 0.404. The van der Waals surface area contributed by atoms with Crippen LogP contribution in [0.1, 0.15) is 28.9 Å². The highest BCUT2D eigenvalue weighted by Gasteiger charge is 2.34. The van der Waals surface area contributed by atoms with Gasteiger partial charge in [-0.15, -0.1) is 0 Å². The third-order valence-corrected chi connectivity index (χ3v) is 3.73. The first-order chi connectivity index (χ1) is 10.6. The van der Waals surface area contributed by atoms with Crippen LogP contribution in [-0.2, 0) is 13.6 Å². The summed E-state index contributed by atoms with van der Waals surface area (Å²) < 4.78 is 14.9. The van der Waals surface area contributed by atoms with Gasteiger partial charge >= 0.3 is 0 Å². The van der Waals surface area contributed by atoms with Crippen LogP contribution in [0.2, 0.25) is 0 Å². The first-order valence-electron chi connectivity index (χ1n) is 7.15. The zero-order chi connectivity index (χ0) is 15.7. The van der Waals surface area contributed by atoms with Gasteiger partial charge < -0.3 is 4.90 Å². The number of benzene rings is 1. The normalized spacial score (nSPS) is 13.9. The Balaban J connectivity index is 1.87. The van der Waals surface area contributed by atoms with Crippen LogP contribution in [0.15, 0.2) is 41.2 Å². The highest BCUT2D eigenvalue weighted by Crippen LogP contribution is 2.29. The van der Waals surface area contributed by atoms with Crippen LogP contribution >= 0.6 is 0 Å². The highest BCUT2D eigenvalue weighted by atomic mass is 19.1. The molecule has 2 aromatic rings. The second-order valence-electron chi connectivity index (χ2n) is 5.44. The summed E-state index contributed by atoms with van der Waals surface area (Å²) >= 11 is 0. The predicted octanol–water partition coefficient (Wildman–Crippen LogP) is 1.72. The minimum absolute atomic E-state index is 0.117. The molecule has 0 aliphatic heterocycles. The lowest BCUT2D eigenvalue weighted by Gasteiger charge is -2.22.